The SMILES string of the molecule is CCOC(=O)C(C)(C)C(=O)NC(=O)C(C)(C)C(N)=O. The number of esters is 1. The summed E-state index contributed by atoms with van der Waals surface area (Å²) < 4.78 is 4.74. The van der Waals surface area contributed by atoms with Crippen LogP contribution in [0.15, 0.2) is 0 Å². The van der Waals surface area contributed by atoms with Crippen molar-refractivity contribution < 1.29 is 23.9 Å². The number of carbonyl (C=O) groups is 4. The highest BCUT2D eigenvalue weighted by molar-refractivity contribution is 6.13. The molecule has 0 unspecified atom stereocenters. The van der Waals surface area contributed by atoms with Crippen molar-refractivity contribution in [1.82, 2.24) is 5.32 Å². The van der Waals surface area contributed by atoms with E-state index in [9.17, 15) is 19.2 Å². The first-order valence-corrected chi connectivity index (χ1v) is 5.81. The summed E-state index contributed by atoms with van der Waals surface area (Å²) >= 11 is 0. The molecule has 0 spiro atoms. The molecule has 0 aliphatic carbocycles. The van der Waals surface area contributed by atoms with Gasteiger partial charge in [-0.1, -0.05) is 0 Å². The Labute approximate surface area is 111 Å². The molecule has 0 aromatic heterocycles. The zero-order chi connectivity index (χ0) is 15.4. The molecule has 0 aliphatic rings. The third kappa shape index (κ3) is 3.77. The fourth-order valence-electron chi connectivity index (χ4n) is 0.932. The molecule has 3 N–H and O–H groups in total. The van der Waals surface area contributed by atoms with Gasteiger partial charge in [0, 0.05) is 0 Å². The number of carbonyl (C=O) groups excluding carboxylic acids is 4. The van der Waals surface area contributed by atoms with Crippen LogP contribution in [0, 0.1) is 10.8 Å². The van der Waals surface area contributed by atoms with Crippen LogP contribution in [0.2, 0.25) is 0 Å². The normalized spacial score (nSPS) is 11.6. The van der Waals surface area contributed by atoms with Crippen molar-refractivity contribution >= 4 is 23.7 Å². The summed E-state index contributed by atoms with van der Waals surface area (Å²) in [6.45, 7) is 6.95. The lowest BCUT2D eigenvalue weighted by Gasteiger charge is -2.24. The van der Waals surface area contributed by atoms with Gasteiger partial charge in [-0.3, -0.25) is 24.5 Å². The van der Waals surface area contributed by atoms with Crippen molar-refractivity contribution in [2.45, 2.75) is 34.6 Å². The molecule has 0 saturated heterocycles. The number of amides is 3. The average molecular weight is 272 g/mol. The van der Waals surface area contributed by atoms with E-state index in [2.05, 4.69) is 0 Å². The Morgan fingerprint density at radius 1 is 1.00 bits per heavy atom. The van der Waals surface area contributed by atoms with E-state index in [1.165, 1.54) is 27.7 Å². The van der Waals surface area contributed by atoms with Crippen LogP contribution < -0.4 is 11.1 Å². The van der Waals surface area contributed by atoms with Gasteiger partial charge in [-0.25, -0.2) is 0 Å². The molecular formula is C12H20N2O5. The van der Waals surface area contributed by atoms with Crippen LogP contribution in [-0.2, 0) is 23.9 Å². The third-order valence-corrected chi connectivity index (χ3v) is 2.76. The molecule has 108 valence electrons. The van der Waals surface area contributed by atoms with E-state index in [1.54, 1.807) is 6.92 Å². The van der Waals surface area contributed by atoms with Crippen LogP contribution in [0.3, 0.4) is 0 Å². The number of primary amides is 1. The van der Waals surface area contributed by atoms with E-state index in [0.29, 0.717) is 0 Å². The molecule has 0 aromatic carbocycles. The predicted molar refractivity (Wildman–Crippen MR) is 66.5 cm³/mol. The molecular weight excluding hydrogens is 252 g/mol. The average Bonchev–Trinajstić information content (AvgIpc) is 2.28. The van der Waals surface area contributed by atoms with E-state index in [-0.39, 0.29) is 6.61 Å². The molecule has 0 radical (unpaired) electrons. The van der Waals surface area contributed by atoms with Crippen LogP contribution in [0.4, 0.5) is 0 Å². The third-order valence-electron chi connectivity index (χ3n) is 2.76. The molecule has 0 saturated carbocycles. The van der Waals surface area contributed by atoms with E-state index < -0.39 is 34.5 Å². The standard InChI is InChI=1S/C12H20N2O5/c1-6-19-10(18)12(4,5)9(17)14-8(16)11(2,3)7(13)15/h6H2,1-5H3,(H2,13,15)(H,14,16,17). The van der Waals surface area contributed by atoms with E-state index in [4.69, 9.17) is 10.5 Å². The highest BCUT2D eigenvalue weighted by Gasteiger charge is 2.42. The van der Waals surface area contributed by atoms with Gasteiger partial charge in [-0.2, -0.15) is 0 Å². The van der Waals surface area contributed by atoms with Crippen LogP contribution >= 0.6 is 0 Å². The molecule has 0 rings (SSSR count). The van der Waals surface area contributed by atoms with Crippen molar-refractivity contribution in [2.24, 2.45) is 16.6 Å². The molecule has 3 amide bonds. The number of rotatable bonds is 5. The number of nitrogens with two attached hydrogens (primary N) is 1. The molecule has 0 heterocycles. The first-order chi connectivity index (χ1) is 8.47. The summed E-state index contributed by atoms with van der Waals surface area (Å²) in [5, 5.41) is 2.00. The number of hydrogen-bond donors (Lipinski definition) is 2. The number of hydrogen-bond acceptors (Lipinski definition) is 5. The molecule has 0 bridgehead atoms. The molecule has 0 aliphatic heterocycles. The zero-order valence-corrected chi connectivity index (χ0v) is 11.8. The van der Waals surface area contributed by atoms with Gasteiger partial charge in [0.15, 0.2) is 0 Å². The summed E-state index contributed by atoms with van der Waals surface area (Å²) in [7, 11) is 0. The van der Waals surface area contributed by atoms with E-state index >= 15 is 0 Å². The van der Waals surface area contributed by atoms with Crippen molar-refractivity contribution in [3.05, 3.63) is 0 Å². The lowest BCUT2D eigenvalue weighted by Crippen LogP contribution is -2.52. The Balaban J connectivity index is 4.93. The fourth-order valence-corrected chi connectivity index (χ4v) is 0.932. The maximum Gasteiger partial charge on any atom is 0.321 e. The maximum atomic E-state index is 11.9. The summed E-state index contributed by atoms with van der Waals surface area (Å²) in [5.41, 5.74) is 1.99. The lowest BCUT2D eigenvalue weighted by atomic mass is 9.89. The minimum atomic E-state index is -1.54. The molecule has 19 heavy (non-hydrogen) atoms. The zero-order valence-electron chi connectivity index (χ0n) is 11.8. The van der Waals surface area contributed by atoms with Crippen LogP contribution in [0.1, 0.15) is 34.6 Å². The smallest absolute Gasteiger partial charge is 0.321 e. The van der Waals surface area contributed by atoms with Gasteiger partial charge in [0.25, 0.3) is 0 Å². The highest BCUT2D eigenvalue weighted by atomic mass is 16.5. The lowest BCUT2D eigenvalue weighted by molar-refractivity contribution is -0.159. The fraction of sp³-hybridized carbons (Fsp3) is 0.667. The van der Waals surface area contributed by atoms with Gasteiger partial charge in [-0.05, 0) is 34.6 Å². The van der Waals surface area contributed by atoms with E-state index in [1.807, 2.05) is 5.32 Å². The van der Waals surface area contributed by atoms with Crippen LogP contribution in [0.5, 0.6) is 0 Å². The Morgan fingerprint density at radius 2 is 1.42 bits per heavy atom. The summed E-state index contributed by atoms with van der Waals surface area (Å²) in [5.74, 6) is -3.32. The molecule has 0 atom stereocenters. The van der Waals surface area contributed by atoms with Gasteiger partial charge in [0.1, 0.15) is 10.8 Å². The van der Waals surface area contributed by atoms with Crippen molar-refractivity contribution in [3.8, 4) is 0 Å². The van der Waals surface area contributed by atoms with Crippen molar-refractivity contribution in [3.63, 3.8) is 0 Å². The van der Waals surface area contributed by atoms with Gasteiger partial charge >= 0.3 is 5.97 Å². The monoisotopic (exact) mass is 272 g/mol. The van der Waals surface area contributed by atoms with Gasteiger partial charge < -0.3 is 10.5 Å². The van der Waals surface area contributed by atoms with Gasteiger partial charge in [0.2, 0.25) is 17.7 Å². The second-order valence-corrected chi connectivity index (χ2v) is 5.12. The Kier molecular flexibility index (Phi) is 5.23. The molecule has 7 heteroatoms. The van der Waals surface area contributed by atoms with Gasteiger partial charge in [0.05, 0.1) is 6.61 Å². The predicted octanol–water partition coefficient (Wildman–Crippen LogP) is -0.270. The second-order valence-electron chi connectivity index (χ2n) is 5.12. The van der Waals surface area contributed by atoms with Gasteiger partial charge in [-0.15, -0.1) is 0 Å². The van der Waals surface area contributed by atoms with Crippen molar-refractivity contribution in [2.75, 3.05) is 6.61 Å². The van der Waals surface area contributed by atoms with Crippen LogP contribution in [0.25, 0.3) is 0 Å². The Hall–Kier alpha value is -1.92. The van der Waals surface area contributed by atoms with E-state index in [0.717, 1.165) is 0 Å². The first-order valence-electron chi connectivity index (χ1n) is 5.81. The minimum absolute atomic E-state index is 0.121. The quantitative estimate of drug-likeness (QED) is 0.528. The number of ether oxygens (including phenoxy) is 1. The number of nitrogens with one attached hydrogen (secondary N) is 1. The molecule has 0 fully saturated rings. The Morgan fingerprint density at radius 3 is 1.79 bits per heavy atom. The number of imide groups is 1. The van der Waals surface area contributed by atoms with Crippen molar-refractivity contribution in [1.29, 1.82) is 0 Å². The first kappa shape index (κ1) is 17.1. The minimum Gasteiger partial charge on any atom is -0.465 e. The summed E-state index contributed by atoms with van der Waals surface area (Å²) in [4.78, 5) is 46.3. The maximum absolute atomic E-state index is 11.9. The topological polar surface area (TPSA) is 116 Å². The molecule has 7 nitrogen and oxygen atoms in total. The largest absolute Gasteiger partial charge is 0.465 e. The second kappa shape index (κ2) is 5.81. The molecule has 0 aromatic rings. The van der Waals surface area contributed by atoms with Crippen LogP contribution in [-0.4, -0.2) is 30.3 Å². The summed E-state index contributed by atoms with van der Waals surface area (Å²) in [6.07, 6.45) is 0. The highest BCUT2D eigenvalue weighted by Crippen LogP contribution is 2.20. The Bertz CT molecular complexity index is 412. The summed E-state index contributed by atoms with van der Waals surface area (Å²) in [6, 6.07) is 0.